The monoisotopic (exact) mass is 332 g/mol. The van der Waals surface area contributed by atoms with Crippen molar-refractivity contribution in [2.45, 2.75) is 97.4 Å². The molecule has 0 bridgehead atoms. The summed E-state index contributed by atoms with van der Waals surface area (Å²) in [6, 6.07) is 0. The molecule has 0 aromatic carbocycles. The van der Waals surface area contributed by atoms with Gasteiger partial charge in [0, 0.05) is 13.0 Å². The average Bonchev–Trinajstić information content (AvgIpc) is 2.40. The van der Waals surface area contributed by atoms with Gasteiger partial charge in [-0.15, -0.1) is 0 Å². The van der Waals surface area contributed by atoms with E-state index >= 15 is 0 Å². The van der Waals surface area contributed by atoms with Gasteiger partial charge < -0.3 is 19.7 Å². The van der Waals surface area contributed by atoms with Gasteiger partial charge in [0.05, 0.1) is 30.5 Å². The maximum absolute atomic E-state index is 10.2. The molecule has 0 radical (unpaired) electrons. The Kier molecular flexibility index (Phi) is 11.3. The fourth-order valence-electron chi connectivity index (χ4n) is 2.53. The molecule has 0 fully saturated rings. The molecule has 2 atom stereocenters. The zero-order chi connectivity index (χ0) is 17.9. The molecular weight excluding hydrogens is 292 g/mol. The topological polar surface area (TPSA) is 58.9 Å². The van der Waals surface area contributed by atoms with Crippen LogP contribution < -0.4 is 0 Å². The first kappa shape index (κ1) is 22.8. The molecule has 0 amide bonds. The van der Waals surface area contributed by atoms with Crippen LogP contribution in [0.3, 0.4) is 0 Å². The fourth-order valence-corrected chi connectivity index (χ4v) is 2.53. The predicted octanol–water partition coefficient (Wildman–Crippen LogP) is 3.93. The van der Waals surface area contributed by atoms with Crippen molar-refractivity contribution in [3.63, 3.8) is 0 Å². The molecule has 4 heteroatoms. The van der Waals surface area contributed by atoms with Gasteiger partial charge >= 0.3 is 0 Å². The Morgan fingerprint density at radius 2 is 1.70 bits per heavy atom. The van der Waals surface area contributed by atoms with E-state index in [1.54, 1.807) is 13.8 Å². The zero-order valence-corrected chi connectivity index (χ0v) is 16.2. The van der Waals surface area contributed by atoms with Crippen LogP contribution in [-0.2, 0) is 9.47 Å². The molecule has 0 aliphatic heterocycles. The number of hydrogen-bond donors (Lipinski definition) is 2. The number of ether oxygens (including phenoxy) is 2. The van der Waals surface area contributed by atoms with E-state index in [0.717, 1.165) is 13.0 Å². The van der Waals surface area contributed by atoms with Crippen LogP contribution in [0.1, 0.15) is 80.1 Å². The van der Waals surface area contributed by atoms with E-state index in [4.69, 9.17) is 9.47 Å². The van der Waals surface area contributed by atoms with E-state index in [2.05, 4.69) is 13.8 Å². The van der Waals surface area contributed by atoms with E-state index in [1.165, 1.54) is 19.3 Å². The van der Waals surface area contributed by atoms with Crippen LogP contribution in [0, 0.1) is 5.92 Å². The summed E-state index contributed by atoms with van der Waals surface area (Å²) in [4.78, 5) is 0. The zero-order valence-electron chi connectivity index (χ0n) is 16.2. The Labute approximate surface area is 143 Å². The minimum absolute atomic E-state index is 0.362. The molecule has 0 saturated carbocycles. The van der Waals surface area contributed by atoms with Crippen molar-refractivity contribution < 1.29 is 19.7 Å². The molecule has 0 aromatic rings. The van der Waals surface area contributed by atoms with Crippen LogP contribution in [0.5, 0.6) is 0 Å². The molecule has 2 unspecified atom stereocenters. The highest BCUT2D eigenvalue weighted by molar-refractivity contribution is 4.75. The number of aliphatic hydroxyl groups is 2. The Hall–Kier alpha value is -0.160. The second-order valence-electron chi connectivity index (χ2n) is 7.98. The Bertz CT molecular complexity index is 284. The van der Waals surface area contributed by atoms with Crippen LogP contribution in [0.4, 0.5) is 0 Å². The minimum Gasteiger partial charge on any atom is -0.391 e. The molecule has 0 aliphatic carbocycles. The van der Waals surface area contributed by atoms with Crippen molar-refractivity contribution in [3.05, 3.63) is 0 Å². The van der Waals surface area contributed by atoms with E-state index in [9.17, 15) is 10.2 Å². The summed E-state index contributed by atoms with van der Waals surface area (Å²) in [7, 11) is 0. The van der Waals surface area contributed by atoms with Crippen LogP contribution in [0.15, 0.2) is 0 Å². The van der Waals surface area contributed by atoms with Crippen molar-refractivity contribution >= 4 is 0 Å². The van der Waals surface area contributed by atoms with E-state index in [0.29, 0.717) is 32.0 Å². The van der Waals surface area contributed by atoms with Crippen LogP contribution in [0.2, 0.25) is 0 Å². The van der Waals surface area contributed by atoms with Gasteiger partial charge in [-0.2, -0.15) is 0 Å². The first-order valence-corrected chi connectivity index (χ1v) is 9.21. The summed E-state index contributed by atoms with van der Waals surface area (Å²) >= 11 is 0. The lowest BCUT2D eigenvalue weighted by atomic mass is 9.99. The third kappa shape index (κ3) is 13.9. The van der Waals surface area contributed by atoms with Crippen molar-refractivity contribution in [3.8, 4) is 0 Å². The van der Waals surface area contributed by atoms with Crippen molar-refractivity contribution in [1.82, 2.24) is 0 Å². The lowest BCUT2D eigenvalue weighted by Crippen LogP contribution is -2.34. The normalized spacial score (nSPS) is 15.7. The van der Waals surface area contributed by atoms with Crippen LogP contribution in [0.25, 0.3) is 0 Å². The quantitative estimate of drug-likeness (QED) is 0.506. The van der Waals surface area contributed by atoms with E-state index < -0.39 is 17.3 Å². The van der Waals surface area contributed by atoms with Gasteiger partial charge in [0.25, 0.3) is 0 Å². The number of unbranched alkanes of at least 4 members (excludes halogenated alkanes) is 1. The maximum Gasteiger partial charge on any atom is 0.0800 e. The summed E-state index contributed by atoms with van der Waals surface area (Å²) in [5, 5.41) is 19.9. The predicted molar refractivity (Wildman–Crippen MR) is 95.7 cm³/mol. The second kappa shape index (κ2) is 11.4. The summed E-state index contributed by atoms with van der Waals surface area (Å²) < 4.78 is 11.5. The SMILES string of the molecule is CCCCC(CC)COCC(O)CC(C)(C)OCCC(C)(C)O. The van der Waals surface area contributed by atoms with E-state index in [-0.39, 0.29) is 0 Å². The summed E-state index contributed by atoms with van der Waals surface area (Å²) in [5.41, 5.74) is -1.13. The fraction of sp³-hybridized carbons (Fsp3) is 1.00. The molecule has 140 valence electrons. The third-order valence-electron chi connectivity index (χ3n) is 4.14. The van der Waals surface area contributed by atoms with Crippen molar-refractivity contribution in [2.24, 2.45) is 5.92 Å². The number of rotatable bonds is 14. The smallest absolute Gasteiger partial charge is 0.0800 e. The Morgan fingerprint density at radius 1 is 1.04 bits per heavy atom. The van der Waals surface area contributed by atoms with Gasteiger partial charge in [-0.25, -0.2) is 0 Å². The highest BCUT2D eigenvalue weighted by Gasteiger charge is 2.24. The maximum atomic E-state index is 10.2. The second-order valence-corrected chi connectivity index (χ2v) is 7.98. The number of hydrogen-bond acceptors (Lipinski definition) is 4. The summed E-state index contributed by atoms with van der Waals surface area (Å²) in [6.07, 6.45) is 5.39. The minimum atomic E-state index is -0.717. The lowest BCUT2D eigenvalue weighted by Gasteiger charge is -2.29. The van der Waals surface area contributed by atoms with Gasteiger partial charge in [0.15, 0.2) is 0 Å². The van der Waals surface area contributed by atoms with Gasteiger partial charge in [-0.1, -0.05) is 33.1 Å². The molecular formula is C19H40O4. The summed E-state index contributed by atoms with van der Waals surface area (Å²) in [6.45, 7) is 13.5. The number of aliphatic hydroxyl groups excluding tert-OH is 1. The van der Waals surface area contributed by atoms with Gasteiger partial charge in [0.2, 0.25) is 0 Å². The average molecular weight is 333 g/mol. The first-order chi connectivity index (χ1) is 10.6. The molecule has 4 nitrogen and oxygen atoms in total. The summed E-state index contributed by atoms with van der Waals surface area (Å²) in [5.74, 6) is 0.596. The Morgan fingerprint density at radius 3 is 2.22 bits per heavy atom. The highest BCUT2D eigenvalue weighted by Crippen LogP contribution is 2.20. The molecule has 0 spiro atoms. The molecule has 0 heterocycles. The molecule has 0 rings (SSSR count). The van der Waals surface area contributed by atoms with Gasteiger partial charge in [-0.3, -0.25) is 0 Å². The van der Waals surface area contributed by atoms with Gasteiger partial charge in [-0.05, 0) is 46.5 Å². The molecule has 0 aromatic heterocycles. The lowest BCUT2D eigenvalue weighted by molar-refractivity contribution is -0.0805. The van der Waals surface area contributed by atoms with Crippen LogP contribution in [-0.4, -0.2) is 47.3 Å². The highest BCUT2D eigenvalue weighted by atomic mass is 16.5. The third-order valence-corrected chi connectivity index (χ3v) is 4.14. The largest absolute Gasteiger partial charge is 0.391 e. The first-order valence-electron chi connectivity index (χ1n) is 9.21. The van der Waals surface area contributed by atoms with Crippen LogP contribution >= 0.6 is 0 Å². The van der Waals surface area contributed by atoms with Gasteiger partial charge in [0.1, 0.15) is 0 Å². The molecule has 23 heavy (non-hydrogen) atoms. The Balaban J connectivity index is 3.95. The molecule has 0 saturated heterocycles. The molecule has 0 aliphatic rings. The van der Waals surface area contributed by atoms with Crippen molar-refractivity contribution in [1.29, 1.82) is 0 Å². The van der Waals surface area contributed by atoms with E-state index in [1.807, 2.05) is 13.8 Å². The standard InChI is InChI=1S/C19H40O4/c1-7-9-10-16(8-2)14-22-15-17(20)13-19(5,6)23-12-11-18(3,4)21/h16-17,20-21H,7-15H2,1-6H3. The molecule has 2 N–H and O–H groups in total. The van der Waals surface area contributed by atoms with Crippen molar-refractivity contribution in [2.75, 3.05) is 19.8 Å².